The van der Waals surface area contributed by atoms with Crippen LogP contribution in [0.4, 0.5) is 4.79 Å². The predicted molar refractivity (Wildman–Crippen MR) is 218 cm³/mol. The molecule has 4 atom stereocenters. The third kappa shape index (κ3) is 10.5. The molecule has 17 heteroatoms. The fourth-order valence-electron chi connectivity index (χ4n) is 7.67. The van der Waals surface area contributed by atoms with Crippen molar-refractivity contribution in [1.29, 1.82) is 0 Å². The molecule has 0 aliphatic carbocycles. The summed E-state index contributed by atoms with van der Waals surface area (Å²) in [5.41, 5.74) is -0.439. The van der Waals surface area contributed by atoms with Gasteiger partial charge in [-0.25, -0.2) is 4.79 Å². The van der Waals surface area contributed by atoms with E-state index >= 15 is 0 Å². The van der Waals surface area contributed by atoms with Crippen LogP contribution in [0, 0.1) is 10.8 Å². The van der Waals surface area contributed by atoms with E-state index in [9.17, 15) is 24.0 Å². The largest absolute Gasteiger partial charge is 0.445 e. The average molecular weight is 835 g/mol. The monoisotopic (exact) mass is 834 g/mol. The number of ether oxygens (including phenoxy) is 1. The number of ketones is 2. The van der Waals surface area contributed by atoms with E-state index < -0.39 is 40.6 Å². The van der Waals surface area contributed by atoms with Crippen molar-refractivity contribution >= 4 is 29.5 Å². The molecule has 4 saturated heterocycles. The molecule has 7 rings (SSSR count). The van der Waals surface area contributed by atoms with Gasteiger partial charge in [0.1, 0.15) is 24.7 Å². The molecule has 6 heterocycles. The second-order valence-electron chi connectivity index (χ2n) is 16.9. The highest BCUT2D eigenvalue weighted by molar-refractivity contribution is 6.38. The minimum Gasteiger partial charge on any atom is -0.445 e. The van der Waals surface area contributed by atoms with Crippen molar-refractivity contribution in [3.05, 3.63) is 59.5 Å². The highest BCUT2D eigenvalue weighted by atomic mass is 16.6. The minimum atomic E-state index is -0.714. The van der Waals surface area contributed by atoms with Gasteiger partial charge in [0.2, 0.25) is 35.1 Å². The number of rotatable bonds is 12. The number of nitrogens with zero attached hydrogens (tertiary/aromatic N) is 7. The number of aliphatic hydroxyl groups is 1. The standard InChI is InChI=1S/C25H32N4O5.C17H26N4O3.CH4O/c1-4-25(2,3)20(30)23(31)28-14-8-12-18(28)21-26-27-22(34-21)19-13-9-15-29(19)24(32)33-16-17-10-6-5-7-11-17;1-4-17(2,3)13(22)16(23)21-10-6-8-12(21)15-20-19-14(24-15)11-7-5-9-18-11;1-2/h5-7,10-11,18-19H,4,8-9,12-16H2,1-3H3;11-12,18H,4-10H2,1-3H3;2H,1H3/t18-,19?;11?,12-;/m00./s1. The number of Topliss-reactive ketones (excluding diaryl/α,β-unsaturated/α-hetero) is 2. The number of carbonyl (C=O) groups is 5. The molecule has 60 heavy (non-hydrogen) atoms. The average Bonchev–Trinajstić information content (AvgIpc) is 4.12. The summed E-state index contributed by atoms with van der Waals surface area (Å²) in [6.07, 6.45) is 7.38. The van der Waals surface area contributed by atoms with Crippen LogP contribution in [-0.2, 0) is 30.5 Å². The Balaban J connectivity index is 0.000000231. The zero-order valence-corrected chi connectivity index (χ0v) is 36.1. The number of hydrogen-bond donors (Lipinski definition) is 2. The van der Waals surface area contributed by atoms with Crippen LogP contribution < -0.4 is 5.32 Å². The normalized spacial score (nSPS) is 21.6. The summed E-state index contributed by atoms with van der Waals surface area (Å²) in [5, 5.41) is 27.0. The molecule has 3 amide bonds. The Morgan fingerprint density at radius 3 is 1.55 bits per heavy atom. The molecular weight excluding hydrogens is 773 g/mol. The third-order valence-corrected chi connectivity index (χ3v) is 12.2. The molecule has 2 unspecified atom stereocenters. The van der Waals surface area contributed by atoms with Crippen LogP contribution in [0.3, 0.4) is 0 Å². The van der Waals surface area contributed by atoms with Crippen molar-refractivity contribution in [1.82, 2.24) is 40.4 Å². The molecule has 0 bridgehead atoms. The van der Waals surface area contributed by atoms with Crippen molar-refractivity contribution in [2.24, 2.45) is 10.8 Å². The van der Waals surface area contributed by atoms with Crippen LogP contribution in [0.25, 0.3) is 0 Å². The molecule has 1 aromatic carbocycles. The Hall–Kier alpha value is -5.03. The number of aromatic nitrogens is 4. The maximum Gasteiger partial charge on any atom is 0.410 e. The summed E-state index contributed by atoms with van der Waals surface area (Å²) in [4.78, 5) is 68.4. The number of hydrogen-bond acceptors (Lipinski definition) is 14. The smallest absolute Gasteiger partial charge is 0.410 e. The van der Waals surface area contributed by atoms with E-state index in [2.05, 4.69) is 25.7 Å². The summed E-state index contributed by atoms with van der Waals surface area (Å²) < 4.78 is 17.3. The van der Waals surface area contributed by atoms with Crippen LogP contribution in [0.15, 0.2) is 39.2 Å². The molecule has 0 spiro atoms. The number of likely N-dealkylation sites (tertiary alicyclic amines) is 3. The number of aliphatic hydroxyl groups excluding tert-OH is 1. The lowest BCUT2D eigenvalue weighted by Gasteiger charge is -2.26. The van der Waals surface area contributed by atoms with Gasteiger partial charge in [0, 0.05) is 37.6 Å². The van der Waals surface area contributed by atoms with E-state index in [-0.39, 0.29) is 30.5 Å². The number of benzene rings is 1. The highest BCUT2D eigenvalue weighted by Gasteiger charge is 2.43. The Labute approximate surface area is 352 Å². The lowest BCUT2D eigenvalue weighted by atomic mass is 9.84. The molecule has 0 radical (unpaired) electrons. The molecular formula is C43H62N8O9. The predicted octanol–water partition coefficient (Wildman–Crippen LogP) is 5.98. The molecule has 2 aromatic heterocycles. The van der Waals surface area contributed by atoms with Crippen molar-refractivity contribution in [3.63, 3.8) is 0 Å². The Kier molecular flexibility index (Phi) is 15.7. The van der Waals surface area contributed by atoms with Gasteiger partial charge in [-0.05, 0) is 76.3 Å². The maximum atomic E-state index is 12.9. The lowest BCUT2D eigenvalue weighted by Crippen LogP contribution is -2.42. The van der Waals surface area contributed by atoms with Crippen LogP contribution in [0.1, 0.15) is 159 Å². The second-order valence-corrected chi connectivity index (χ2v) is 16.9. The summed E-state index contributed by atoms with van der Waals surface area (Å²) in [7, 11) is 1.00. The van der Waals surface area contributed by atoms with E-state index in [4.69, 9.17) is 18.7 Å². The van der Waals surface area contributed by atoms with E-state index in [0.29, 0.717) is 68.9 Å². The Morgan fingerprint density at radius 2 is 1.10 bits per heavy atom. The van der Waals surface area contributed by atoms with E-state index in [1.54, 1.807) is 28.5 Å². The lowest BCUT2D eigenvalue weighted by molar-refractivity contribution is -0.150. The highest BCUT2D eigenvalue weighted by Crippen LogP contribution is 2.38. The molecule has 0 saturated carbocycles. The first kappa shape index (κ1) is 46.0. The fourth-order valence-corrected chi connectivity index (χ4v) is 7.67. The van der Waals surface area contributed by atoms with Gasteiger partial charge in [-0.2, -0.15) is 0 Å². The molecule has 328 valence electrons. The Morgan fingerprint density at radius 1 is 0.667 bits per heavy atom. The first-order chi connectivity index (χ1) is 28.8. The fraction of sp³-hybridized carbons (Fsp3) is 0.651. The third-order valence-electron chi connectivity index (χ3n) is 12.2. The van der Waals surface area contributed by atoms with Crippen LogP contribution >= 0.6 is 0 Å². The summed E-state index contributed by atoms with van der Waals surface area (Å²) >= 11 is 0. The van der Waals surface area contributed by atoms with Crippen LogP contribution in [0.5, 0.6) is 0 Å². The number of carbonyl (C=O) groups excluding carboxylic acids is 5. The first-order valence-corrected chi connectivity index (χ1v) is 21.3. The van der Waals surface area contributed by atoms with Gasteiger partial charge in [-0.15, -0.1) is 20.4 Å². The quantitative estimate of drug-likeness (QED) is 0.201. The van der Waals surface area contributed by atoms with Gasteiger partial charge in [0.05, 0.1) is 6.04 Å². The topological polar surface area (TPSA) is 214 Å². The van der Waals surface area contributed by atoms with E-state index in [0.717, 1.165) is 57.7 Å². The minimum absolute atomic E-state index is 0.109. The Bertz CT molecular complexity index is 1920. The zero-order valence-electron chi connectivity index (χ0n) is 36.1. The van der Waals surface area contributed by atoms with Crippen molar-refractivity contribution in [2.75, 3.05) is 33.3 Å². The van der Waals surface area contributed by atoms with Crippen molar-refractivity contribution in [3.8, 4) is 0 Å². The van der Waals surface area contributed by atoms with Gasteiger partial charge in [0.15, 0.2) is 0 Å². The second kappa shape index (κ2) is 20.5. The van der Waals surface area contributed by atoms with Crippen LogP contribution in [0.2, 0.25) is 0 Å². The number of amides is 3. The number of nitrogens with one attached hydrogen (secondary N) is 1. The van der Waals surface area contributed by atoms with Gasteiger partial charge in [-0.3, -0.25) is 24.1 Å². The molecule has 2 N–H and O–H groups in total. The molecule has 4 aliphatic rings. The van der Waals surface area contributed by atoms with Crippen molar-refractivity contribution < 1.29 is 42.7 Å². The van der Waals surface area contributed by atoms with E-state index in [1.165, 1.54) is 0 Å². The van der Waals surface area contributed by atoms with Crippen molar-refractivity contribution in [2.45, 2.75) is 137 Å². The van der Waals surface area contributed by atoms with Gasteiger partial charge in [0.25, 0.3) is 11.8 Å². The maximum absolute atomic E-state index is 12.9. The van der Waals surface area contributed by atoms with Gasteiger partial charge < -0.3 is 33.8 Å². The molecule has 17 nitrogen and oxygen atoms in total. The van der Waals surface area contributed by atoms with Crippen LogP contribution in [-0.4, -0.2) is 103 Å². The van der Waals surface area contributed by atoms with Gasteiger partial charge in [-0.1, -0.05) is 71.9 Å². The molecule has 4 fully saturated rings. The summed E-state index contributed by atoms with van der Waals surface area (Å²) in [5.74, 6) is 0.0211. The zero-order chi connectivity index (χ0) is 43.6. The summed E-state index contributed by atoms with van der Waals surface area (Å²) in [6.45, 7) is 13.8. The molecule has 3 aromatic rings. The molecule has 4 aliphatic heterocycles. The first-order valence-electron chi connectivity index (χ1n) is 21.3. The van der Waals surface area contributed by atoms with E-state index in [1.807, 2.05) is 58.0 Å². The SMILES string of the molecule is CCC(C)(C)C(=O)C(=O)N1CCC[C@H]1c1nnc(C2CCCN2)o1.CCC(C)(C)C(=O)C(=O)N1CCC[C@H]1c1nnc(C2CCCN2C(=O)OCc2ccccc2)o1.CO. The summed E-state index contributed by atoms with van der Waals surface area (Å²) in [6, 6.07) is 8.55. The van der Waals surface area contributed by atoms with Gasteiger partial charge >= 0.3 is 6.09 Å².